The third-order valence-electron chi connectivity index (χ3n) is 6.50. The van der Waals surface area contributed by atoms with Crippen molar-refractivity contribution in [2.45, 2.75) is 38.2 Å². The lowest BCUT2D eigenvalue weighted by atomic mass is 9.98. The Kier molecular flexibility index (Phi) is 5.09. The van der Waals surface area contributed by atoms with E-state index in [9.17, 15) is 9.18 Å². The third kappa shape index (κ3) is 3.95. The van der Waals surface area contributed by atoms with E-state index in [0.717, 1.165) is 11.1 Å². The first-order chi connectivity index (χ1) is 16.9. The Balaban J connectivity index is 1.24. The molecule has 8 heteroatoms. The highest BCUT2D eigenvalue weighted by Crippen LogP contribution is 2.44. The predicted octanol–water partition coefficient (Wildman–Crippen LogP) is 6.08. The van der Waals surface area contributed by atoms with Crippen LogP contribution in [0.3, 0.4) is 0 Å². The highest BCUT2D eigenvalue weighted by atomic mass is 19.1. The van der Waals surface area contributed by atoms with Crippen molar-refractivity contribution in [2.24, 2.45) is 0 Å². The molecule has 2 atom stereocenters. The van der Waals surface area contributed by atoms with Crippen LogP contribution in [0.1, 0.15) is 47.4 Å². The van der Waals surface area contributed by atoms with Gasteiger partial charge in [-0.05, 0) is 43.2 Å². The van der Waals surface area contributed by atoms with Gasteiger partial charge in [-0.15, -0.1) is 0 Å². The summed E-state index contributed by atoms with van der Waals surface area (Å²) in [4.78, 5) is 15.4. The van der Waals surface area contributed by atoms with E-state index in [4.69, 9.17) is 23.7 Å². The summed E-state index contributed by atoms with van der Waals surface area (Å²) in [5, 5.41) is 9.09. The van der Waals surface area contributed by atoms with Crippen LogP contribution in [-0.4, -0.2) is 22.7 Å². The first kappa shape index (κ1) is 21.5. The van der Waals surface area contributed by atoms with Crippen LogP contribution in [0.15, 0.2) is 52.9 Å². The van der Waals surface area contributed by atoms with Gasteiger partial charge >= 0.3 is 5.97 Å². The summed E-state index contributed by atoms with van der Waals surface area (Å²) >= 11 is 0. The van der Waals surface area contributed by atoms with Crippen molar-refractivity contribution in [1.82, 2.24) is 4.98 Å². The molecule has 1 aliphatic heterocycles. The zero-order valence-electron chi connectivity index (χ0n) is 18.9. The van der Waals surface area contributed by atoms with Crippen LogP contribution in [0.25, 0.3) is 11.1 Å². The van der Waals surface area contributed by atoms with Gasteiger partial charge in [0.2, 0.25) is 0 Å². The van der Waals surface area contributed by atoms with Crippen LogP contribution >= 0.6 is 0 Å². The van der Waals surface area contributed by atoms with E-state index in [1.165, 1.54) is 6.07 Å². The third-order valence-corrected chi connectivity index (χ3v) is 6.50. The van der Waals surface area contributed by atoms with Crippen molar-refractivity contribution in [3.63, 3.8) is 0 Å². The SMILES string of the molecule is Cc1nc2cc(Oc3ccc(F)c4c3CC[C@H]4Oc3ccc4c(c3)OC[C@H]4CC(=O)O)ccc2o1. The van der Waals surface area contributed by atoms with Crippen LogP contribution in [0.2, 0.25) is 0 Å². The average Bonchev–Trinajstić information content (AvgIpc) is 3.52. The Morgan fingerprint density at radius 2 is 2.03 bits per heavy atom. The van der Waals surface area contributed by atoms with E-state index in [2.05, 4.69) is 4.98 Å². The van der Waals surface area contributed by atoms with Crippen LogP contribution < -0.4 is 14.2 Å². The summed E-state index contributed by atoms with van der Waals surface area (Å²) < 4.78 is 38.4. The molecule has 7 nitrogen and oxygen atoms in total. The number of rotatable bonds is 6. The topological polar surface area (TPSA) is 91.0 Å². The van der Waals surface area contributed by atoms with Crippen LogP contribution in [0, 0.1) is 12.7 Å². The number of oxazole rings is 1. The van der Waals surface area contributed by atoms with Gasteiger partial charge in [0.05, 0.1) is 13.0 Å². The van der Waals surface area contributed by atoms with Gasteiger partial charge < -0.3 is 23.7 Å². The fourth-order valence-corrected chi connectivity index (χ4v) is 4.94. The van der Waals surface area contributed by atoms with Crippen molar-refractivity contribution in [3.8, 4) is 23.0 Å². The second kappa shape index (κ2) is 8.30. The quantitative estimate of drug-likeness (QED) is 0.361. The molecular formula is C27H22FNO6. The molecule has 1 N–H and O–H groups in total. The molecule has 0 saturated carbocycles. The van der Waals surface area contributed by atoms with E-state index in [1.807, 2.05) is 6.07 Å². The number of aliphatic carboxylic acids is 1. The monoisotopic (exact) mass is 475 g/mol. The van der Waals surface area contributed by atoms with Gasteiger partial charge in [0.1, 0.15) is 40.4 Å². The Morgan fingerprint density at radius 3 is 2.89 bits per heavy atom. The standard InChI is InChI=1S/C27H22FNO6/c1-14-29-21-11-16(3-7-23(21)33-14)34-22-9-6-20(28)27-19(22)5-8-24(27)35-17-2-4-18-15(10-26(30)31)13-32-25(18)12-17/h2-4,6-7,9,11-12,15,24H,5,8,10,13H2,1H3,(H,30,31)/t15-,24-/m1/s1. The molecule has 0 amide bonds. The molecule has 4 aromatic rings. The van der Waals surface area contributed by atoms with E-state index < -0.39 is 12.1 Å². The second-order valence-corrected chi connectivity index (χ2v) is 8.85. The largest absolute Gasteiger partial charge is 0.492 e. The van der Waals surface area contributed by atoms with Crippen molar-refractivity contribution in [2.75, 3.05) is 6.61 Å². The fourth-order valence-electron chi connectivity index (χ4n) is 4.94. The number of hydrogen-bond donors (Lipinski definition) is 1. The number of benzene rings is 3. The number of hydrogen-bond acceptors (Lipinski definition) is 6. The van der Waals surface area contributed by atoms with Crippen molar-refractivity contribution >= 4 is 17.1 Å². The van der Waals surface area contributed by atoms with Gasteiger partial charge in [0.25, 0.3) is 0 Å². The number of halogens is 1. The maximum absolute atomic E-state index is 14.9. The zero-order valence-corrected chi connectivity index (χ0v) is 18.9. The molecule has 0 unspecified atom stereocenters. The summed E-state index contributed by atoms with van der Waals surface area (Å²) in [7, 11) is 0. The Morgan fingerprint density at radius 1 is 1.17 bits per heavy atom. The molecule has 0 fully saturated rings. The lowest BCUT2D eigenvalue weighted by Gasteiger charge is -2.17. The van der Waals surface area contributed by atoms with E-state index >= 15 is 0 Å². The normalized spacial score (nSPS) is 18.2. The number of fused-ring (bicyclic) bond motifs is 3. The van der Waals surface area contributed by atoms with Crippen LogP contribution in [-0.2, 0) is 11.2 Å². The lowest BCUT2D eigenvalue weighted by molar-refractivity contribution is -0.137. The minimum absolute atomic E-state index is 0.0143. The van der Waals surface area contributed by atoms with Crippen LogP contribution in [0.5, 0.6) is 23.0 Å². The molecule has 0 radical (unpaired) electrons. The van der Waals surface area contributed by atoms with Gasteiger partial charge in [-0.3, -0.25) is 4.79 Å². The number of aromatic nitrogens is 1. The predicted molar refractivity (Wildman–Crippen MR) is 124 cm³/mol. The molecule has 1 aliphatic carbocycles. The summed E-state index contributed by atoms with van der Waals surface area (Å²) in [6.07, 6.45) is 0.762. The molecule has 2 aliphatic rings. The first-order valence-electron chi connectivity index (χ1n) is 11.5. The highest BCUT2D eigenvalue weighted by molar-refractivity contribution is 5.74. The Hall–Kier alpha value is -4.07. The highest BCUT2D eigenvalue weighted by Gasteiger charge is 2.32. The molecular weight excluding hydrogens is 453 g/mol. The minimum atomic E-state index is -0.862. The summed E-state index contributed by atoms with van der Waals surface area (Å²) in [5.74, 6) is 1.54. The molecule has 2 heterocycles. The van der Waals surface area contributed by atoms with Crippen molar-refractivity contribution in [3.05, 3.63) is 76.9 Å². The zero-order chi connectivity index (χ0) is 24.1. The Bertz CT molecular complexity index is 1460. The van der Waals surface area contributed by atoms with Crippen molar-refractivity contribution < 1.29 is 32.9 Å². The number of carboxylic acids is 1. The van der Waals surface area contributed by atoms with E-state index in [0.29, 0.717) is 65.0 Å². The van der Waals surface area contributed by atoms with Gasteiger partial charge in [0.15, 0.2) is 11.5 Å². The smallest absolute Gasteiger partial charge is 0.304 e. The van der Waals surface area contributed by atoms with Crippen LogP contribution in [0.4, 0.5) is 4.39 Å². The maximum Gasteiger partial charge on any atom is 0.304 e. The molecule has 6 rings (SSSR count). The van der Waals surface area contributed by atoms with E-state index in [-0.39, 0.29) is 18.2 Å². The first-order valence-corrected chi connectivity index (χ1v) is 11.5. The molecule has 0 saturated heterocycles. The van der Waals surface area contributed by atoms with Gasteiger partial charge in [-0.25, -0.2) is 9.37 Å². The molecule has 3 aromatic carbocycles. The maximum atomic E-state index is 14.9. The fraction of sp³-hybridized carbons (Fsp3) is 0.259. The Labute approximate surface area is 200 Å². The minimum Gasteiger partial charge on any atom is -0.492 e. The second-order valence-electron chi connectivity index (χ2n) is 8.85. The molecule has 1 aromatic heterocycles. The molecule has 35 heavy (non-hydrogen) atoms. The van der Waals surface area contributed by atoms with Crippen molar-refractivity contribution in [1.29, 1.82) is 0 Å². The number of aryl methyl sites for hydroxylation is 1. The summed E-state index contributed by atoms with van der Waals surface area (Å²) in [6, 6.07) is 13.8. The van der Waals surface area contributed by atoms with Gasteiger partial charge in [-0.1, -0.05) is 6.07 Å². The number of carbonyl (C=O) groups is 1. The van der Waals surface area contributed by atoms with E-state index in [1.54, 1.807) is 43.3 Å². The molecule has 0 bridgehead atoms. The van der Waals surface area contributed by atoms with Gasteiger partial charge in [-0.2, -0.15) is 0 Å². The average molecular weight is 475 g/mol. The number of nitrogens with zero attached hydrogens (tertiary/aromatic N) is 1. The summed E-state index contributed by atoms with van der Waals surface area (Å²) in [5.41, 5.74) is 3.51. The summed E-state index contributed by atoms with van der Waals surface area (Å²) in [6.45, 7) is 2.11. The number of ether oxygens (including phenoxy) is 3. The molecule has 178 valence electrons. The molecule has 0 spiro atoms. The number of carboxylic acid groups (broad SMARTS) is 1. The van der Waals surface area contributed by atoms with Gasteiger partial charge in [0, 0.05) is 41.7 Å². The lowest BCUT2D eigenvalue weighted by Crippen LogP contribution is -2.07.